The fourth-order valence-corrected chi connectivity index (χ4v) is 8.33. The summed E-state index contributed by atoms with van der Waals surface area (Å²) in [5.74, 6) is -8.28. The van der Waals surface area contributed by atoms with Crippen LogP contribution in [0.1, 0.15) is 29.9 Å². The van der Waals surface area contributed by atoms with Gasteiger partial charge < -0.3 is 14.6 Å². The van der Waals surface area contributed by atoms with Crippen LogP contribution in [0.5, 0.6) is 11.5 Å². The lowest BCUT2D eigenvalue weighted by molar-refractivity contribution is -0.140. The van der Waals surface area contributed by atoms with Gasteiger partial charge in [-0.05, 0) is 66.8 Å². The van der Waals surface area contributed by atoms with Crippen molar-refractivity contribution in [2.45, 2.75) is 24.2 Å². The molecule has 246 valence electrons. The van der Waals surface area contributed by atoms with Crippen LogP contribution in [0.3, 0.4) is 0 Å². The molecule has 48 heavy (non-hydrogen) atoms. The van der Waals surface area contributed by atoms with E-state index in [2.05, 4.69) is 5.43 Å². The maximum absolute atomic E-state index is 15.1. The number of carbonyl (C=O) groups is 5. The Bertz CT molecular complexity index is 1920. The number of anilines is 1. The second-order valence-electron chi connectivity index (χ2n) is 12.3. The highest BCUT2D eigenvalue weighted by molar-refractivity contribution is 6.30. The molecular weight excluding hydrogens is 645 g/mol. The molecule has 0 radical (unpaired) electrons. The van der Waals surface area contributed by atoms with Gasteiger partial charge in [0, 0.05) is 16.5 Å². The zero-order valence-corrected chi connectivity index (χ0v) is 26.4. The van der Waals surface area contributed by atoms with E-state index >= 15 is 4.79 Å². The Morgan fingerprint density at radius 3 is 2.33 bits per heavy atom. The van der Waals surface area contributed by atoms with Crippen molar-refractivity contribution >= 4 is 47.0 Å². The first-order valence-electron chi connectivity index (χ1n) is 15.2. The molecule has 0 aromatic heterocycles. The third-order valence-corrected chi connectivity index (χ3v) is 10.4. The van der Waals surface area contributed by atoms with Crippen LogP contribution in [0.25, 0.3) is 0 Å². The molecule has 3 aromatic rings. The van der Waals surface area contributed by atoms with Crippen LogP contribution in [0.4, 0.5) is 14.9 Å². The lowest BCUT2D eigenvalue weighted by atomic mass is 9.49. The van der Waals surface area contributed by atoms with Gasteiger partial charge in [-0.25, -0.2) is 9.18 Å². The normalized spacial score (nSPS) is 27.7. The Morgan fingerprint density at radius 1 is 0.958 bits per heavy atom. The van der Waals surface area contributed by atoms with Gasteiger partial charge in [-0.15, -0.1) is 0 Å². The molecule has 2 aliphatic carbocycles. The number of nitrogens with zero attached hydrogens (tertiary/aromatic N) is 2. The van der Waals surface area contributed by atoms with Crippen LogP contribution in [0.2, 0.25) is 5.02 Å². The molecule has 4 aliphatic rings. The molecule has 0 spiro atoms. The number of carbonyl (C=O) groups excluding carboxylic acids is 5. The van der Waals surface area contributed by atoms with Crippen molar-refractivity contribution in [3.8, 4) is 11.5 Å². The molecule has 5 amide bonds. The molecular formula is C35H29ClFN3O8. The van der Waals surface area contributed by atoms with Gasteiger partial charge in [-0.1, -0.05) is 47.5 Å². The van der Waals surface area contributed by atoms with Crippen molar-refractivity contribution in [3.63, 3.8) is 0 Å². The van der Waals surface area contributed by atoms with E-state index in [1.165, 1.54) is 31.4 Å². The van der Waals surface area contributed by atoms with Crippen LogP contribution in [0, 0.1) is 29.5 Å². The Labute approximate surface area is 278 Å². The summed E-state index contributed by atoms with van der Waals surface area (Å²) in [4.78, 5) is 70.0. The second-order valence-corrected chi connectivity index (χ2v) is 12.7. The summed E-state index contributed by atoms with van der Waals surface area (Å²) in [6.45, 7) is 0. The molecule has 3 fully saturated rings. The van der Waals surface area contributed by atoms with Gasteiger partial charge in [0.1, 0.15) is 5.82 Å². The number of benzene rings is 3. The molecule has 2 aliphatic heterocycles. The average molecular weight is 674 g/mol. The number of imide groups is 4. The summed E-state index contributed by atoms with van der Waals surface area (Å²) in [7, 11) is 2.45. The summed E-state index contributed by atoms with van der Waals surface area (Å²) >= 11 is 6.29. The van der Waals surface area contributed by atoms with Crippen molar-refractivity contribution in [1.29, 1.82) is 0 Å². The van der Waals surface area contributed by atoms with Gasteiger partial charge >= 0.3 is 6.09 Å². The number of halogens is 2. The number of aromatic hydroxyl groups is 1. The van der Waals surface area contributed by atoms with Crippen molar-refractivity contribution < 1.29 is 42.9 Å². The van der Waals surface area contributed by atoms with Crippen LogP contribution in [-0.4, -0.2) is 59.0 Å². The van der Waals surface area contributed by atoms with Gasteiger partial charge in [0.2, 0.25) is 11.8 Å². The number of hydrogen-bond acceptors (Lipinski definition) is 9. The molecule has 3 aromatic carbocycles. The fourth-order valence-electron chi connectivity index (χ4n) is 8.21. The first-order valence-corrected chi connectivity index (χ1v) is 15.6. The third-order valence-electron chi connectivity index (χ3n) is 10.2. The number of rotatable bonds is 5. The van der Waals surface area contributed by atoms with Crippen molar-refractivity contribution in [1.82, 2.24) is 9.91 Å². The smallest absolute Gasteiger partial charge is 0.423 e. The largest absolute Gasteiger partial charge is 0.504 e. The lowest BCUT2D eigenvalue weighted by Gasteiger charge is -2.50. The van der Waals surface area contributed by atoms with Gasteiger partial charge in [0.25, 0.3) is 11.8 Å². The minimum Gasteiger partial charge on any atom is -0.504 e. The van der Waals surface area contributed by atoms with Crippen LogP contribution in [-0.2, 0) is 29.3 Å². The van der Waals surface area contributed by atoms with E-state index in [1.807, 2.05) is 0 Å². The number of nitrogens with one attached hydrogen (secondary N) is 1. The molecule has 2 N–H and O–H groups in total. The van der Waals surface area contributed by atoms with E-state index in [4.69, 9.17) is 21.1 Å². The Morgan fingerprint density at radius 2 is 1.67 bits per heavy atom. The van der Waals surface area contributed by atoms with E-state index in [0.717, 1.165) is 12.1 Å². The van der Waals surface area contributed by atoms with Gasteiger partial charge in [0.15, 0.2) is 11.5 Å². The SMILES string of the molecule is COC(=O)N1C(=O)C2CC=C3C(CC4C(=O)N(Nc5ccc(F)cc5)C(=O)C4(c4ccc(Cl)cc4)C3c3cccc(OC)c3O)C2C1=O. The molecule has 2 heterocycles. The lowest BCUT2D eigenvalue weighted by Crippen LogP contribution is -2.53. The number of hydrazine groups is 1. The standard InChI is InChI=1S/C35H29ClFN3O8/c1-47-26-5-3-4-23(29(26)41)28-21-14-15-22-27(32(44)39(30(22)42)34(46)48-2)24(21)16-25-31(43)40(38-20-12-10-19(37)11-13-20)33(45)35(25,28)17-6-8-18(36)9-7-17/h3-14,22,24-25,27-28,38,41H,15-16H2,1-2H3. The molecule has 6 atom stereocenters. The van der Waals surface area contributed by atoms with Gasteiger partial charge in [0.05, 0.1) is 43.1 Å². The summed E-state index contributed by atoms with van der Waals surface area (Å²) in [6, 6.07) is 16.5. The monoisotopic (exact) mass is 673 g/mol. The molecule has 11 nitrogen and oxygen atoms in total. The number of ether oxygens (including phenoxy) is 2. The zero-order chi connectivity index (χ0) is 34.1. The Balaban J connectivity index is 1.48. The molecule has 13 heteroatoms. The first-order chi connectivity index (χ1) is 23.0. The zero-order valence-electron chi connectivity index (χ0n) is 25.7. The Kier molecular flexibility index (Phi) is 7.50. The molecule has 1 saturated carbocycles. The van der Waals surface area contributed by atoms with E-state index in [1.54, 1.807) is 48.5 Å². The number of amides is 5. The topological polar surface area (TPSA) is 143 Å². The maximum Gasteiger partial charge on any atom is 0.423 e. The van der Waals surface area contributed by atoms with Crippen molar-refractivity contribution in [2.24, 2.45) is 23.7 Å². The summed E-state index contributed by atoms with van der Waals surface area (Å²) in [5, 5.41) is 12.9. The number of hydrogen-bond donors (Lipinski definition) is 2. The fraction of sp³-hybridized carbons (Fsp3) is 0.286. The van der Waals surface area contributed by atoms with E-state index in [9.17, 15) is 28.7 Å². The van der Waals surface area contributed by atoms with Crippen LogP contribution in [0.15, 0.2) is 78.4 Å². The van der Waals surface area contributed by atoms with Crippen molar-refractivity contribution in [2.75, 3.05) is 19.6 Å². The van der Waals surface area contributed by atoms with E-state index in [-0.39, 0.29) is 35.6 Å². The van der Waals surface area contributed by atoms with Gasteiger partial charge in [-0.3, -0.25) is 24.6 Å². The predicted molar refractivity (Wildman–Crippen MR) is 168 cm³/mol. The average Bonchev–Trinajstić information content (AvgIpc) is 3.47. The molecule has 7 rings (SSSR count). The highest BCUT2D eigenvalue weighted by atomic mass is 35.5. The molecule has 2 saturated heterocycles. The Hall–Kier alpha value is -5.23. The number of phenols is 1. The van der Waals surface area contributed by atoms with E-state index in [0.29, 0.717) is 21.1 Å². The number of likely N-dealkylation sites (tertiary alicyclic amines) is 1. The number of methoxy groups -OCH3 is 2. The molecule has 6 unspecified atom stereocenters. The number of para-hydroxylation sites is 1. The minimum absolute atomic E-state index is 0.0446. The number of allylic oxidation sites excluding steroid dienone is 2. The number of phenolic OH excluding ortho intramolecular Hbond substituents is 1. The van der Waals surface area contributed by atoms with Crippen LogP contribution < -0.4 is 10.2 Å². The van der Waals surface area contributed by atoms with Crippen LogP contribution >= 0.6 is 11.6 Å². The summed E-state index contributed by atoms with van der Waals surface area (Å²) < 4.78 is 24.0. The van der Waals surface area contributed by atoms with E-state index < -0.39 is 70.5 Å². The number of fused-ring (bicyclic) bond motifs is 4. The van der Waals surface area contributed by atoms with Crippen molar-refractivity contribution in [3.05, 3.63) is 100 Å². The summed E-state index contributed by atoms with van der Waals surface area (Å²) in [5.41, 5.74) is 2.68. The highest BCUT2D eigenvalue weighted by Crippen LogP contribution is 2.65. The van der Waals surface area contributed by atoms with Gasteiger partial charge in [-0.2, -0.15) is 9.91 Å². The first kappa shape index (κ1) is 31.4. The second kappa shape index (κ2) is 11.5. The predicted octanol–water partition coefficient (Wildman–Crippen LogP) is 4.94. The molecule has 0 bridgehead atoms. The third kappa shape index (κ3) is 4.35. The highest BCUT2D eigenvalue weighted by Gasteiger charge is 2.71. The summed E-state index contributed by atoms with van der Waals surface area (Å²) in [6.07, 6.45) is 0.702. The minimum atomic E-state index is -1.69. The maximum atomic E-state index is 15.1. The quantitative estimate of drug-likeness (QED) is 0.284.